The maximum absolute atomic E-state index is 5.81. The molecule has 0 aromatic carbocycles. The largest absolute Gasteiger partial charge is 0.367 e. The monoisotopic (exact) mass is 247 g/mol. The quantitative estimate of drug-likeness (QED) is 0.841. The number of nitrogens with two attached hydrogens (primary N) is 1. The van der Waals surface area contributed by atoms with Crippen LogP contribution >= 0.6 is 0 Å². The second kappa shape index (κ2) is 5.10. The van der Waals surface area contributed by atoms with Crippen LogP contribution in [0, 0.1) is 0 Å². The van der Waals surface area contributed by atoms with E-state index < -0.39 is 0 Å². The van der Waals surface area contributed by atoms with Gasteiger partial charge in [-0.25, -0.2) is 9.97 Å². The predicted molar refractivity (Wildman–Crippen MR) is 72.7 cm³/mol. The lowest BCUT2D eigenvalue weighted by Gasteiger charge is -2.28. The van der Waals surface area contributed by atoms with Gasteiger partial charge >= 0.3 is 0 Å². The van der Waals surface area contributed by atoms with Crippen molar-refractivity contribution in [1.82, 2.24) is 9.97 Å². The Bertz CT molecular complexity index is 404. The Kier molecular flexibility index (Phi) is 3.32. The first-order valence-corrected chi connectivity index (χ1v) is 6.92. The highest BCUT2D eigenvalue weighted by molar-refractivity contribution is 5.50. The highest BCUT2D eigenvalue weighted by Gasteiger charge is 2.25. The molecule has 1 aliphatic carbocycles. The van der Waals surface area contributed by atoms with Gasteiger partial charge in [-0.1, -0.05) is 0 Å². The SMILES string of the molecule is NCC1CCCN1c1cc(NC2CCC2)ncn1. The van der Waals surface area contributed by atoms with Crippen LogP contribution in [0.25, 0.3) is 0 Å². The van der Waals surface area contributed by atoms with Gasteiger partial charge in [-0.3, -0.25) is 0 Å². The first-order chi connectivity index (χ1) is 8.86. The number of anilines is 2. The smallest absolute Gasteiger partial charge is 0.134 e. The van der Waals surface area contributed by atoms with Crippen LogP contribution in [0.1, 0.15) is 32.1 Å². The van der Waals surface area contributed by atoms with Crippen molar-refractivity contribution in [1.29, 1.82) is 0 Å². The lowest BCUT2D eigenvalue weighted by molar-refractivity contribution is 0.444. The van der Waals surface area contributed by atoms with Crippen molar-refractivity contribution in [2.75, 3.05) is 23.3 Å². The Hall–Kier alpha value is -1.36. The van der Waals surface area contributed by atoms with Crippen molar-refractivity contribution in [3.8, 4) is 0 Å². The summed E-state index contributed by atoms with van der Waals surface area (Å²) in [6.45, 7) is 1.76. The van der Waals surface area contributed by atoms with E-state index in [2.05, 4.69) is 26.3 Å². The van der Waals surface area contributed by atoms with Gasteiger partial charge in [0.15, 0.2) is 0 Å². The Morgan fingerprint density at radius 3 is 2.89 bits per heavy atom. The first-order valence-electron chi connectivity index (χ1n) is 6.92. The first kappa shape index (κ1) is 11.7. The third-order valence-electron chi connectivity index (χ3n) is 4.05. The molecule has 0 bridgehead atoms. The molecule has 5 nitrogen and oxygen atoms in total. The molecule has 0 spiro atoms. The molecule has 98 valence electrons. The van der Waals surface area contributed by atoms with E-state index in [-0.39, 0.29) is 0 Å². The van der Waals surface area contributed by atoms with Crippen LogP contribution in [0.3, 0.4) is 0 Å². The van der Waals surface area contributed by atoms with E-state index >= 15 is 0 Å². The van der Waals surface area contributed by atoms with Crippen molar-refractivity contribution in [3.63, 3.8) is 0 Å². The summed E-state index contributed by atoms with van der Waals surface area (Å²) in [6, 6.07) is 3.11. The van der Waals surface area contributed by atoms with Gasteiger partial charge in [0.1, 0.15) is 18.0 Å². The second-order valence-electron chi connectivity index (χ2n) is 5.26. The van der Waals surface area contributed by atoms with Crippen molar-refractivity contribution in [3.05, 3.63) is 12.4 Å². The summed E-state index contributed by atoms with van der Waals surface area (Å²) in [7, 11) is 0. The maximum Gasteiger partial charge on any atom is 0.134 e. The molecule has 2 heterocycles. The molecule has 1 aromatic rings. The van der Waals surface area contributed by atoms with Crippen LogP contribution in [0.4, 0.5) is 11.6 Å². The summed E-state index contributed by atoms with van der Waals surface area (Å²) in [5.41, 5.74) is 5.81. The molecule has 1 aromatic heterocycles. The lowest BCUT2D eigenvalue weighted by Crippen LogP contribution is -2.36. The minimum Gasteiger partial charge on any atom is -0.367 e. The van der Waals surface area contributed by atoms with E-state index in [1.165, 1.54) is 32.1 Å². The summed E-state index contributed by atoms with van der Waals surface area (Å²) in [4.78, 5) is 11.0. The molecule has 18 heavy (non-hydrogen) atoms. The van der Waals surface area contributed by atoms with Gasteiger partial charge in [0.25, 0.3) is 0 Å². The van der Waals surface area contributed by atoms with E-state index in [1.807, 2.05) is 0 Å². The van der Waals surface area contributed by atoms with Crippen molar-refractivity contribution in [2.24, 2.45) is 5.73 Å². The molecule has 1 saturated heterocycles. The lowest BCUT2D eigenvalue weighted by atomic mass is 9.93. The van der Waals surface area contributed by atoms with E-state index in [0.717, 1.165) is 18.2 Å². The summed E-state index contributed by atoms with van der Waals surface area (Å²) in [5.74, 6) is 1.96. The zero-order chi connectivity index (χ0) is 12.4. The molecular formula is C13H21N5. The molecule has 0 radical (unpaired) electrons. The standard InChI is InChI=1S/C13H21N5/c14-8-11-5-2-6-18(11)13-7-12(15-9-16-13)17-10-3-1-4-10/h7,9-11H,1-6,8,14H2,(H,15,16,17). The number of nitrogens with one attached hydrogen (secondary N) is 1. The average molecular weight is 247 g/mol. The molecular weight excluding hydrogens is 226 g/mol. The van der Waals surface area contributed by atoms with Crippen molar-refractivity contribution in [2.45, 2.75) is 44.2 Å². The van der Waals surface area contributed by atoms with Crippen LogP contribution in [-0.4, -0.2) is 35.1 Å². The van der Waals surface area contributed by atoms with Crippen molar-refractivity contribution < 1.29 is 0 Å². The number of rotatable bonds is 4. The molecule has 2 fully saturated rings. The molecule has 1 saturated carbocycles. The molecule has 5 heteroatoms. The van der Waals surface area contributed by atoms with Gasteiger partial charge in [-0.05, 0) is 32.1 Å². The average Bonchev–Trinajstić information content (AvgIpc) is 2.82. The van der Waals surface area contributed by atoms with Gasteiger partial charge < -0.3 is 16.0 Å². The molecule has 1 unspecified atom stereocenters. The second-order valence-corrected chi connectivity index (χ2v) is 5.26. The van der Waals surface area contributed by atoms with Gasteiger partial charge in [0.05, 0.1) is 0 Å². The number of aromatic nitrogens is 2. The predicted octanol–water partition coefficient (Wildman–Crippen LogP) is 1.37. The Morgan fingerprint density at radius 2 is 2.17 bits per heavy atom. The van der Waals surface area contributed by atoms with Crippen LogP contribution in [-0.2, 0) is 0 Å². The number of nitrogens with zero attached hydrogens (tertiary/aromatic N) is 3. The normalized spacial score (nSPS) is 24.1. The summed E-state index contributed by atoms with van der Waals surface area (Å²) >= 11 is 0. The van der Waals surface area contributed by atoms with E-state index in [9.17, 15) is 0 Å². The highest BCUT2D eigenvalue weighted by Crippen LogP contribution is 2.26. The van der Waals surface area contributed by atoms with Crippen LogP contribution in [0.5, 0.6) is 0 Å². The zero-order valence-electron chi connectivity index (χ0n) is 10.7. The van der Waals surface area contributed by atoms with Crippen LogP contribution in [0.2, 0.25) is 0 Å². The molecule has 1 atom stereocenters. The fraction of sp³-hybridized carbons (Fsp3) is 0.692. The molecule has 1 aliphatic heterocycles. The van der Waals surface area contributed by atoms with E-state index in [4.69, 9.17) is 5.73 Å². The van der Waals surface area contributed by atoms with Crippen LogP contribution < -0.4 is 16.0 Å². The third-order valence-corrected chi connectivity index (χ3v) is 4.05. The molecule has 3 N–H and O–H groups in total. The Labute approximate surface area is 108 Å². The third kappa shape index (κ3) is 2.27. The topological polar surface area (TPSA) is 67.1 Å². The zero-order valence-corrected chi connectivity index (χ0v) is 10.7. The number of hydrogen-bond donors (Lipinski definition) is 2. The molecule has 3 rings (SSSR count). The van der Waals surface area contributed by atoms with E-state index in [1.54, 1.807) is 6.33 Å². The van der Waals surface area contributed by atoms with Gasteiger partial charge in [-0.2, -0.15) is 0 Å². The minimum absolute atomic E-state index is 0.441. The van der Waals surface area contributed by atoms with Gasteiger partial charge in [0, 0.05) is 31.2 Å². The van der Waals surface area contributed by atoms with Crippen LogP contribution in [0.15, 0.2) is 12.4 Å². The minimum atomic E-state index is 0.441. The Balaban J connectivity index is 1.73. The highest BCUT2D eigenvalue weighted by atomic mass is 15.2. The maximum atomic E-state index is 5.81. The number of hydrogen-bond acceptors (Lipinski definition) is 5. The summed E-state index contributed by atoms with van der Waals surface area (Å²) in [6.07, 6.45) is 7.88. The molecule has 2 aliphatic rings. The Morgan fingerprint density at radius 1 is 1.28 bits per heavy atom. The fourth-order valence-corrected chi connectivity index (χ4v) is 2.73. The van der Waals surface area contributed by atoms with Gasteiger partial charge in [0.2, 0.25) is 0 Å². The summed E-state index contributed by atoms with van der Waals surface area (Å²) < 4.78 is 0. The van der Waals surface area contributed by atoms with Crippen molar-refractivity contribution >= 4 is 11.6 Å². The van der Waals surface area contributed by atoms with E-state index in [0.29, 0.717) is 18.6 Å². The summed E-state index contributed by atoms with van der Waals surface area (Å²) in [5, 5.41) is 3.47. The van der Waals surface area contributed by atoms with Gasteiger partial charge in [-0.15, -0.1) is 0 Å². The molecule has 0 amide bonds. The fourth-order valence-electron chi connectivity index (χ4n) is 2.73.